The first kappa shape index (κ1) is 20.7. The van der Waals surface area contributed by atoms with E-state index in [1.807, 2.05) is 0 Å². The lowest BCUT2D eigenvalue weighted by atomic mass is 10.2. The van der Waals surface area contributed by atoms with Gasteiger partial charge in [-0.3, -0.25) is 4.79 Å². The van der Waals surface area contributed by atoms with Crippen molar-refractivity contribution in [3.8, 4) is 5.75 Å². The molecule has 9 heteroatoms. The number of nitrogens with zero attached hydrogens (tertiary/aromatic N) is 2. The van der Waals surface area contributed by atoms with Gasteiger partial charge in [-0.15, -0.1) is 0 Å². The molecule has 2 aromatic rings. The largest absolute Gasteiger partial charge is 0.496 e. The van der Waals surface area contributed by atoms with E-state index < -0.39 is 15.9 Å². The quantitative estimate of drug-likeness (QED) is 0.707. The summed E-state index contributed by atoms with van der Waals surface area (Å²) in [6, 6.07) is 6.47. The van der Waals surface area contributed by atoms with Crippen molar-refractivity contribution < 1.29 is 22.4 Å². The van der Waals surface area contributed by atoms with Crippen molar-refractivity contribution in [3.05, 3.63) is 46.4 Å². The number of carbonyl (C=O) groups is 1. The number of sulfonamides is 1. The molecule has 1 amide bonds. The van der Waals surface area contributed by atoms with Crippen molar-refractivity contribution in [1.29, 1.82) is 0 Å². The van der Waals surface area contributed by atoms with Crippen LogP contribution in [0.5, 0.6) is 5.75 Å². The molecule has 0 saturated carbocycles. The fourth-order valence-corrected chi connectivity index (χ4v) is 5.15. The fourth-order valence-electron chi connectivity index (χ4n) is 3.28. The lowest BCUT2D eigenvalue weighted by Gasteiger charge is -2.18. The molecule has 1 aliphatic heterocycles. The number of benzene rings is 1. The molecule has 1 saturated heterocycles. The highest BCUT2D eigenvalue weighted by Gasteiger charge is 2.32. The first-order chi connectivity index (χ1) is 13.2. The third-order valence-electron chi connectivity index (χ3n) is 4.76. The van der Waals surface area contributed by atoms with Crippen LogP contribution in [0.15, 0.2) is 33.6 Å². The molecular weight excluding hydrogens is 404 g/mol. The third-order valence-corrected chi connectivity index (χ3v) is 7.00. The summed E-state index contributed by atoms with van der Waals surface area (Å²) in [4.78, 5) is 14.3. The second-order valence-corrected chi connectivity index (χ2v) is 9.10. The number of aryl methyl sites for hydroxylation is 1. The van der Waals surface area contributed by atoms with Gasteiger partial charge in [-0.2, -0.15) is 4.31 Å². The van der Waals surface area contributed by atoms with Crippen molar-refractivity contribution in [1.82, 2.24) is 9.21 Å². The van der Waals surface area contributed by atoms with Crippen LogP contribution in [0.4, 0.5) is 0 Å². The van der Waals surface area contributed by atoms with Crippen LogP contribution in [0.25, 0.3) is 0 Å². The van der Waals surface area contributed by atoms with Crippen LogP contribution >= 0.6 is 11.6 Å². The summed E-state index contributed by atoms with van der Waals surface area (Å²) in [6.07, 6.45) is 1.68. The molecule has 3 rings (SSSR count). The van der Waals surface area contributed by atoms with Crippen LogP contribution < -0.4 is 4.74 Å². The number of halogens is 1. The molecule has 0 aliphatic carbocycles. The van der Waals surface area contributed by atoms with Gasteiger partial charge in [0.1, 0.15) is 16.4 Å². The molecule has 0 bridgehead atoms. The fraction of sp³-hybridized carbons (Fsp3) is 0.421. The van der Waals surface area contributed by atoms with Crippen LogP contribution in [0, 0.1) is 6.92 Å². The second kappa shape index (κ2) is 8.14. The minimum Gasteiger partial charge on any atom is -0.496 e. The molecule has 0 atom stereocenters. The Bertz CT molecular complexity index is 980. The molecule has 28 heavy (non-hydrogen) atoms. The van der Waals surface area contributed by atoms with Crippen molar-refractivity contribution in [3.63, 3.8) is 0 Å². The average Bonchev–Trinajstić information content (AvgIpc) is 3.31. The topological polar surface area (TPSA) is 80.1 Å². The molecule has 1 aliphatic rings. The van der Waals surface area contributed by atoms with Crippen LogP contribution in [0.2, 0.25) is 5.02 Å². The van der Waals surface area contributed by atoms with Crippen LogP contribution in [-0.2, 0) is 16.6 Å². The SMILES string of the molecule is COc1ccc(Cl)cc1CN(C)C(=O)c1cc(S(=O)(=O)N2CCCC2)c(C)o1. The van der Waals surface area contributed by atoms with Gasteiger partial charge in [0.05, 0.1) is 7.11 Å². The highest BCUT2D eigenvalue weighted by Crippen LogP contribution is 2.28. The maximum atomic E-state index is 12.8. The van der Waals surface area contributed by atoms with Gasteiger partial charge in [0.25, 0.3) is 5.91 Å². The molecule has 0 unspecified atom stereocenters. The molecule has 2 heterocycles. The summed E-state index contributed by atoms with van der Waals surface area (Å²) in [7, 11) is -0.504. The van der Waals surface area contributed by atoms with E-state index >= 15 is 0 Å². The molecule has 1 aromatic heterocycles. The summed E-state index contributed by atoms with van der Waals surface area (Å²) in [5.74, 6) is 0.382. The van der Waals surface area contributed by atoms with E-state index in [1.165, 1.54) is 15.3 Å². The minimum atomic E-state index is -3.65. The van der Waals surface area contributed by atoms with Crippen molar-refractivity contribution in [2.24, 2.45) is 0 Å². The number of amides is 1. The van der Waals surface area contributed by atoms with Crippen molar-refractivity contribution >= 4 is 27.5 Å². The Hall–Kier alpha value is -2.03. The number of methoxy groups -OCH3 is 1. The number of ether oxygens (including phenoxy) is 1. The minimum absolute atomic E-state index is 0.0150. The van der Waals surface area contributed by atoms with E-state index in [4.69, 9.17) is 20.8 Å². The summed E-state index contributed by atoms with van der Waals surface area (Å²) in [6.45, 7) is 2.77. The Balaban J connectivity index is 1.82. The Morgan fingerprint density at radius 3 is 2.61 bits per heavy atom. The van der Waals surface area contributed by atoms with E-state index in [9.17, 15) is 13.2 Å². The van der Waals surface area contributed by atoms with Gasteiger partial charge in [0, 0.05) is 43.3 Å². The summed E-state index contributed by atoms with van der Waals surface area (Å²) in [5.41, 5.74) is 0.735. The van der Waals surface area contributed by atoms with E-state index in [1.54, 1.807) is 39.3 Å². The van der Waals surface area contributed by atoms with Gasteiger partial charge >= 0.3 is 0 Å². The molecular formula is C19H23ClN2O5S. The maximum absolute atomic E-state index is 12.8. The van der Waals surface area contributed by atoms with Crippen LogP contribution in [0.3, 0.4) is 0 Å². The Morgan fingerprint density at radius 2 is 1.96 bits per heavy atom. The number of carbonyl (C=O) groups excluding carboxylic acids is 1. The summed E-state index contributed by atoms with van der Waals surface area (Å²) in [5, 5.41) is 0.532. The zero-order valence-electron chi connectivity index (χ0n) is 16.1. The molecule has 1 fully saturated rings. The Morgan fingerprint density at radius 1 is 1.29 bits per heavy atom. The molecule has 0 N–H and O–H groups in total. The molecule has 7 nitrogen and oxygen atoms in total. The zero-order valence-corrected chi connectivity index (χ0v) is 17.6. The first-order valence-electron chi connectivity index (χ1n) is 8.92. The standard InChI is InChI=1S/C19H23ClN2O5S/c1-13-18(28(24,25)22-8-4-5-9-22)11-17(27-13)19(23)21(2)12-14-10-15(20)6-7-16(14)26-3/h6-7,10-11H,4-5,8-9,12H2,1-3H3. The Labute approximate surface area is 169 Å². The van der Waals surface area contributed by atoms with E-state index in [0.717, 1.165) is 18.4 Å². The number of furan rings is 1. The molecule has 152 valence electrons. The van der Waals surface area contributed by atoms with Gasteiger partial charge in [-0.05, 0) is 38.0 Å². The molecule has 0 radical (unpaired) electrons. The van der Waals surface area contributed by atoms with Crippen molar-refractivity contribution in [2.45, 2.75) is 31.2 Å². The lowest BCUT2D eigenvalue weighted by Crippen LogP contribution is -2.28. The normalized spacial score (nSPS) is 15.0. The van der Waals surface area contributed by atoms with Gasteiger partial charge < -0.3 is 14.1 Å². The number of hydrogen-bond acceptors (Lipinski definition) is 5. The van der Waals surface area contributed by atoms with Crippen LogP contribution in [-0.4, -0.2) is 50.8 Å². The third kappa shape index (κ3) is 4.04. The Kier molecular flexibility index (Phi) is 6.02. The molecule has 0 spiro atoms. The highest BCUT2D eigenvalue weighted by molar-refractivity contribution is 7.89. The van der Waals surface area contributed by atoms with E-state index in [0.29, 0.717) is 23.9 Å². The van der Waals surface area contributed by atoms with Crippen molar-refractivity contribution in [2.75, 3.05) is 27.2 Å². The van der Waals surface area contributed by atoms with Gasteiger partial charge in [0.15, 0.2) is 5.76 Å². The second-order valence-electron chi connectivity index (χ2n) is 6.76. The lowest BCUT2D eigenvalue weighted by molar-refractivity contribution is 0.0751. The van der Waals surface area contributed by atoms with Gasteiger partial charge in [0.2, 0.25) is 10.0 Å². The summed E-state index contributed by atoms with van der Waals surface area (Å²) < 4.78 is 37.8. The van der Waals surface area contributed by atoms with Crippen LogP contribution in [0.1, 0.15) is 34.7 Å². The summed E-state index contributed by atoms with van der Waals surface area (Å²) >= 11 is 6.04. The zero-order chi connectivity index (χ0) is 20.5. The van der Waals surface area contributed by atoms with E-state index in [-0.39, 0.29) is 23.0 Å². The van der Waals surface area contributed by atoms with E-state index in [2.05, 4.69) is 0 Å². The first-order valence-corrected chi connectivity index (χ1v) is 10.7. The van der Waals surface area contributed by atoms with Gasteiger partial charge in [-0.1, -0.05) is 11.6 Å². The predicted octanol–water partition coefficient (Wildman–Crippen LogP) is 3.31. The predicted molar refractivity (Wildman–Crippen MR) is 105 cm³/mol. The average molecular weight is 427 g/mol. The number of hydrogen-bond donors (Lipinski definition) is 0. The number of rotatable bonds is 6. The monoisotopic (exact) mass is 426 g/mol. The highest BCUT2D eigenvalue weighted by atomic mass is 35.5. The maximum Gasteiger partial charge on any atom is 0.289 e. The molecule has 1 aromatic carbocycles. The smallest absolute Gasteiger partial charge is 0.289 e. The van der Waals surface area contributed by atoms with Gasteiger partial charge in [-0.25, -0.2) is 8.42 Å².